The molecule has 1 atom stereocenters. The van der Waals surface area contributed by atoms with Gasteiger partial charge in [-0.15, -0.1) is 0 Å². The number of ether oxygens (including phenoxy) is 1. The minimum atomic E-state index is -1.05. The minimum absolute atomic E-state index is 0.0757. The van der Waals surface area contributed by atoms with Gasteiger partial charge in [0.05, 0.1) is 34.0 Å². The Bertz CT molecular complexity index is 2380. The largest absolute Gasteiger partial charge is 0.493 e. The molecule has 0 fully saturated rings. The normalized spacial score (nSPS) is 14.6. The number of aryl methyl sites for hydroxylation is 4. The molecular formula is C39H39Cl2N5O4. The highest BCUT2D eigenvalue weighted by Crippen LogP contribution is 2.45. The van der Waals surface area contributed by atoms with Gasteiger partial charge in [0.2, 0.25) is 0 Å². The fraction of sp³-hybridized carbons (Fsp3) is 0.308. The van der Waals surface area contributed by atoms with Gasteiger partial charge in [-0.3, -0.25) is 9.48 Å². The van der Waals surface area contributed by atoms with E-state index >= 15 is 0 Å². The second-order valence-electron chi connectivity index (χ2n) is 13.4. The van der Waals surface area contributed by atoms with Crippen LogP contribution in [0.15, 0.2) is 42.5 Å². The summed E-state index contributed by atoms with van der Waals surface area (Å²) < 4.78 is 10.3. The number of hydrogen-bond donors (Lipinski definition) is 2. The Kier molecular flexibility index (Phi) is 8.47. The Hall–Kier alpha value is -4.73. The van der Waals surface area contributed by atoms with Crippen LogP contribution in [0.5, 0.6) is 5.75 Å². The number of benzene rings is 3. The van der Waals surface area contributed by atoms with Crippen LogP contribution in [0.4, 0.5) is 5.69 Å². The van der Waals surface area contributed by atoms with E-state index in [0.29, 0.717) is 52.9 Å². The Morgan fingerprint density at radius 1 is 1.02 bits per heavy atom. The summed E-state index contributed by atoms with van der Waals surface area (Å²) in [6, 6.07) is 13.0. The fourth-order valence-electron chi connectivity index (χ4n) is 7.56. The van der Waals surface area contributed by atoms with Crippen molar-refractivity contribution < 1.29 is 19.4 Å². The lowest BCUT2D eigenvalue weighted by atomic mass is 9.98. The van der Waals surface area contributed by atoms with E-state index in [0.717, 1.165) is 66.8 Å². The summed E-state index contributed by atoms with van der Waals surface area (Å²) in [5.41, 5.74) is 10.4. The molecule has 9 nitrogen and oxygen atoms in total. The molecule has 1 unspecified atom stereocenters. The first-order valence-corrected chi connectivity index (χ1v) is 17.5. The van der Waals surface area contributed by atoms with Gasteiger partial charge in [-0.2, -0.15) is 5.10 Å². The number of halogens is 2. The number of amides is 1. The summed E-state index contributed by atoms with van der Waals surface area (Å²) in [6.45, 7) is 12.9. The van der Waals surface area contributed by atoms with Crippen molar-refractivity contribution in [1.82, 2.24) is 19.3 Å². The molecule has 11 heteroatoms. The van der Waals surface area contributed by atoms with Crippen LogP contribution in [0, 0.1) is 34.6 Å². The van der Waals surface area contributed by atoms with Crippen molar-refractivity contribution in [1.29, 1.82) is 0 Å². The minimum Gasteiger partial charge on any atom is -0.493 e. The Morgan fingerprint density at radius 2 is 1.76 bits per heavy atom. The number of aromatic nitrogens is 4. The van der Waals surface area contributed by atoms with Crippen molar-refractivity contribution in [2.75, 3.05) is 18.1 Å². The summed E-state index contributed by atoms with van der Waals surface area (Å²) in [7, 11) is 1.92. The first kappa shape index (κ1) is 33.8. The van der Waals surface area contributed by atoms with Crippen molar-refractivity contribution in [3.8, 4) is 16.9 Å². The van der Waals surface area contributed by atoms with Gasteiger partial charge in [0, 0.05) is 52.3 Å². The average Bonchev–Trinajstić information content (AvgIpc) is 3.72. The van der Waals surface area contributed by atoms with E-state index < -0.39 is 5.97 Å². The summed E-state index contributed by atoms with van der Waals surface area (Å²) in [5.74, 6) is -0.417. The van der Waals surface area contributed by atoms with Crippen LogP contribution in [0.1, 0.15) is 74.0 Å². The molecule has 0 spiro atoms. The Labute approximate surface area is 300 Å². The highest BCUT2D eigenvalue weighted by atomic mass is 35.5. The van der Waals surface area contributed by atoms with Crippen LogP contribution < -0.4 is 9.64 Å². The molecule has 50 heavy (non-hydrogen) atoms. The summed E-state index contributed by atoms with van der Waals surface area (Å²) >= 11 is 13.4. The van der Waals surface area contributed by atoms with Gasteiger partial charge in [-0.1, -0.05) is 29.3 Å². The van der Waals surface area contributed by atoms with Crippen molar-refractivity contribution in [3.63, 3.8) is 0 Å². The first-order chi connectivity index (χ1) is 23.8. The van der Waals surface area contributed by atoms with E-state index in [4.69, 9.17) is 33.0 Å². The van der Waals surface area contributed by atoms with Gasteiger partial charge in [0.1, 0.15) is 17.1 Å². The SMILES string of the molecule is Cc1cc(N2CC(C)n3c(c(CCCOc4ccc(Cl)c(C)c4C)c4ccc(Cl)c(-c5c(C)nn(C)c5C)c43)C2=O)c2[nH]c(C(=O)O)cc2c1. The molecule has 258 valence electrons. The zero-order valence-electron chi connectivity index (χ0n) is 29.2. The average molecular weight is 713 g/mol. The molecule has 3 aromatic heterocycles. The highest BCUT2D eigenvalue weighted by Gasteiger charge is 2.37. The third-order valence-electron chi connectivity index (χ3n) is 10.2. The lowest BCUT2D eigenvalue weighted by molar-refractivity contribution is 0.0691. The quantitative estimate of drug-likeness (QED) is 0.153. The number of carboxylic acids is 1. The second-order valence-corrected chi connectivity index (χ2v) is 14.2. The molecule has 1 amide bonds. The van der Waals surface area contributed by atoms with Gasteiger partial charge in [-0.05, 0) is 113 Å². The van der Waals surface area contributed by atoms with E-state index in [9.17, 15) is 14.7 Å². The standard InChI is InChI=1S/C39H39Cl2N5O4/c1-19-15-25-17-30(39(48)49)42-35(25)31(16-19)45-18-20(2)46-36-27(10-11-29(41)34(36)33-23(5)43-44(7)24(33)6)26(37(46)38(45)47)9-8-14-50-32-13-12-28(40)21(3)22(32)4/h10-13,15-17,20,42H,8-9,14,18H2,1-7H3,(H,48,49). The molecule has 0 radical (unpaired) electrons. The number of carbonyl (C=O) groups is 2. The number of hydrogen-bond acceptors (Lipinski definition) is 4. The maximum absolute atomic E-state index is 15.0. The second kappa shape index (κ2) is 12.5. The number of carboxylic acid groups (broad SMARTS) is 1. The third-order valence-corrected chi connectivity index (χ3v) is 10.9. The topological polar surface area (TPSA) is 105 Å². The third kappa shape index (κ3) is 5.34. The summed E-state index contributed by atoms with van der Waals surface area (Å²) in [5, 5.41) is 17.5. The smallest absolute Gasteiger partial charge is 0.352 e. The van der Waals surface area contributed by atoms with Crippen LogP contribution in [-0.4, -0.2) is 49.5 Å². The van der Waals surface area contributed by atoms with Gasteiger partial charge in [0.25, 0.3) is 5.91 Å². The maximum Gasteiger partial charge on any atom is 0.352 e. The van der Waals surface area contributed by atoms with Crippen LogP contribution >= 0.6 is 23.2 Å². The number of nitrogens with zero attached hydrogens (tertiary/aromatic N) is 4. The first-order valence-electron chi connectivity index (χ1n) is 16.7. The van der Waals surface area contributed by atoms with Crippen LogP contribution in [-0.2, 0) is 13.5 Å². The van der Waals surface area contributed by atoms with E-state index in [1.165, 1.54) is 0 Å². The number of aromatic carboxylic acids is 1. The zero-order chi connectivity index (χ0) is 35.8. The summed E-state index contributed by atoms with van der Waals surface area (Å²) in [6.07, 6.45) is 1.24. The predicted octanol–water partition coefficient (Wildman–Crippen LogP) is 9.30. The number of rotatable bonds is 8. The highest BCUT2D eigenvalue weighted by molar-refractivity contribution is 6.35. The number of anilines is 1. The molecule has 0 saturated carbocycles. The van der Waals surface area contributed by atoms with Crippen molar-refractivity contribution in [2.24, 2.45) is 7.05 Å². The fourth-order valence-corrected chi connectivity index (χ4v) is 8.01. The molecule has 0 aliphatic carbocycles. The van der Waals surface area contributed by atoms with Crippen molar-refractivity contribution in [3.05, 3.63) is 97.5 Å². The Morgan fingerprint density at radius 3 is 2.46 bits per heavy atom. The molecule has 1 aliphatic heterocycles. The molecule has 7 rings (SSSR count). The molecule has 6 aromatic rings. The summed E-state index contributed by atoms with van der Waals surface area (Å²) in [4.78, 5) is 31.7. The van der Waals surface area contributed by atoms with Crippen LogP contribution in [0.3, 0.4) is 0 Å². The maximum atomic E-state index is 15.0. The number of aromatic amines is 1. The van der Waals surface area contributed by atoms with E-state index in [-0.39, 0.29) is 17.6 Å². The van der Waals surface area contributed by atoms with Crippen molar-refractivity contribution >= 4 is 62.6 Å². The number of fused-ring (bicyclic) bond motifs is 4. The molecule has 0 saturated heterocycles. The zero-order valence-corrected chi connectivity index (χ0v) is 30.7. The van der Waals surface area contributed by atoms with Gasteiger partial charge in [0.15, 0.2) is 0 Å². The molecule has 0 bridgehead atoms. The van der Waals surface area contributed by atoms with E-state index in [1.807, 2.05) is 82.7 Å². The number of carbonyl (C=O) groups excluding carboxylic acids is 1. The van der Waals surface area contributed by atoms with E-state index in [2.05, 4.69) is 16.5 Å². The van der Waals surface area contributed by atoms with Gasteiger partial charge in [-0.25, -0.2) is 4.79 Å². The molecule has 1 aliphatic rings. The van der Waals surface area contributed by atoms with Crippen molar-refractivity contribution in [2.45, 2.75) is 60.4 Å². The molecule has 3 aromatic carbocycles. The van der Waals surface area contributed by atoms with Crippen LogP contribution in [0.2, 0.25) is 10.0 Å². The number of H-pyrrole nitrogens is 1. The lowest BCUT2D eigenvalue weighted by Crippen LogP contribution is -2.43. The predicted molar refractivity (Wildman–Crippen MR) is 200 cm³/mol. The molecule has 4 heterocycles. The lowest BCUT2D eigenvalue weighted by Gasteiger charge is -2.34. The van der Waals surface area contributed by atoms with Gasteiger partial charge >= 0.3 is 5.97 Å². The van der Waals surface area contributed by atoms with Gasteiger partial charge < -0.3 is 24.3 Å². The molecule has 2 N–H and O–H groups in total. The van der Waals surface area contributed by atoms with Crippen LogP contribution in [0.25, 0.3) is 32.9 Å². The number of nitrogens with one attached hydrogen (secondary N) is 1. The van der Waals surface area contributed by atoms with E-state index in [1.54, 1.807) is 11.0 Å². The Balaban J connectivity index is 1.39. The molecular weight excluding hydrogens is 673 g/mol. The monoisotopic (exact) mass is 711 g/mol.